The monoisotopic (exact) mass is 280 g/mol. The first-order chi connectivity index (χ1) is 6.41. The number of hydrogen-bond acceptors (Lipinski definition) is 3. The summed E-state index contributed by atoms with van der Waals surface area (Å²) in [6.07, 6.45) is -6.03. The van der Waals surface area contributed by atoms with Gasteiger partial charge in [0, 0.05) is 16.5 Å². The van der Waals surface area contributed by atoms with Gasteiger partial charge in [0.15, 0.2) is 5.78 Å². The molecule has 1 aromatic heterocycles. The van der Waals surface area contributed by atoms with E-state index in [1.54, 1.807) is 5.38 Å². The van der Waals surface area contributed by atoms with Crippen molar-refractivity contribution in [2.75, 3.05) is 0 Å². The van der Waals surface area contributed by atoms with Gasteiger partial charge in [-0.25, -0.2) is 0 Å². The van der Waals surface area contributed by atoms with Crippen LogP contribution in [0.5, 0.6) is 0 Å². The molecule has 2 nitrogen and oxygen atoms in total. The van der Waals surface area contributed by atoms with Crippen molar-refractivity contribution in [3.8, 4) is 0 Å². The van der Waals surface area contributed by atoms with Crippen molar-refractivity contribution in [2.45, 2.75) is 12.6 Å². The van der Waals surface area contributed by atoms with Crippen molar-refractivity contribution in [1.82, 2.24) is 0 Å². The molecule has 1 aromatic rings. The van der Waals surface area contributed by atoms with E-state index in [0.29, 0.717) is 0 Å². The van der Waals surface area contributed by atoms with Crippen LogP contribution in [-0.2, 0) is 21.3 Å². The van der Waals surface area contributed by atoms with Crippen molar-refractivity contribution < 1.29 is 39.3 Å². The molecule has 0 aliphatic heterocycles. The molecule has 0 amide bonds. The van der Waals surface area contributed by atoms with Gasteiger partial charge in [0.05, 0.1) is 11.3 Å². The Bertz CT molecular complexity index is 345. The minimum Gasteiger partial charge on any atom is -0.293 e. The fraction of sp³-hybridized carbons (Fsp3) is 0.250. The molecule has 7 heteroatoms. The predicted octanol–water partition coefficient (Wildman–Crippen LogP) is 2.45. The Morgan fingerprint density at radius 3 is 2.33 bits per heavy atom. The summed E-state index contributed by atoms with van der Waals surface area (Å²) in [5.41, 5.74) is 0. The fourth-order valence-corrected chi connectivity index (χ4v) is 1.43. The number of thiophene rings is 1. The number of alkyl halides is 3. The summed E-state index contributed by atoms with van der Waals surface area (Å²) in [5, 5.41) is 1.56. The maximum Gasteiger partial charge on any atom is 0.450 e. The van der Waals surface area contributed by atoms with Crippen molar-refractivity contribution >= 4 is 22.9 Å². The molecule has 0 atom stereocenters. The van der Waals surface area contributed by atoms with Gasteiger partial charge >= 0.3 is 6.18 Å². The van der Waals surface area contributed by atoms with Crippen molar-refractivity contribution in [1.29, 1.82) is 0 Å². The van der Waals surface area contributed by atoms with Gasteiger partial charge in [0.25, 0.3) is 0 Å². The molecule has 0 N–H and O–H groups in total. The third kappa shape index (κ3) is 4.14. The van der Waals surface area contributed by atoms with E-state index < -0.39 is 24.2 Å². The van der Waals surface area contributed by atoms with E-state index in [4.69, 9.17) is 0 Å². The Balaban J connectivity index is 0.00000196. The standard InChI is InChI=1S/C8H5F3O2S.Ni/c9-8(10,11)7(13)4-5(12)6-2-1-3-14-6;/h1-3H,4H2;. The van der Waals surface area contributed by atoms with E-state index in [9.17, 15) is 22.8 Å². The van der Waals surface area contributed by atoms with Gasteiger partial charge < -0.3 is 0 Å². The van der Waals surface area contributed by atoms with Gasteiger partial charge in [-0.15, -0.1) is 11.3 Å². The molecule has 0 saturated heterocycles. The molecule has 0 aliphatic rings. The minimum absolute atomic E-state index is 0. The zero-order chi connectivity index (χ0) is 10.8. The summed E-state index contributed by atoms with van der Waals surface area (Å²) in [7, 11) is 0. The maximum absolute atomic E-state index is 11.8. The van der Waals surface area contributed by atoms with Crippen LogP contribution in [-0.4, -0.2) is 17.7 Å². The van der Waals surface area contributed by atoms with E-state index in [0.717, 1.165) is 11.3 Å². The SMILES string of the molecule is O=C(CC(=O)C(F)(F)F)c1cccs1.[Ni]. The number of Topliss-reactive ketones (excluding diaryl/α,β-unsaturated/α-hetero) is 2. The minimum atomic E-state index is -4.92. The van der Waals surface area contributed by atoms with Crippen molar-refractivity contribution in [2.24, 2.45) is 0 Å². The summed E-state index contributed by atoms with van der Waals surface area (Å²) >= 11 is 1.01. The fourth-order valence-electron chi connectivity index (χ4n) is 0.770. The summed E-state index contributed by atoms with van der Waals surface area (Å²) in [6, 6.07) is 2.92. The van der Waals surface area contributed by atoms with Crippen LogP contribution in [0, 0.1) is 0 Å². The van der Waals surface area contributed by atoms with Crippen LogP contribution < -0.4 is 0 Å². The summed E-state index contributed by atoms with van der Waals surface area (Å²) < 4.78 is 35.3. The first-order valence-electron chi connectivity index (χ1n) is 3.58. The molecular weight excluding hydrogens is 276 g/mol. The number of carbonyl (C=O) groups is 2. The smallest absolute Gasteiger partial charge is 0.293 e. The van der Waals surface area contributed by atoms with Crippen LogP contribution in [0.15, 0.2) is 17.5 Å². The molecule has 0 fully saturated rings. The maximum atomic E-state index is 11.8. The average Bonchev–Trinajstić information content (AvgIpc) is 2.53. The molecule has 0 aliphatic carbocycles. The Morgan fingerprint density at radius 2 is 1.93 bits per heavy atom. The molecule has 0 bridgehead atoms. The predicted molar refractivity (Wildman–Crippen MR) is 44.3 cm³/mol. The number of halogens is 3. The quantitative estimate of drug-likeness (QED) is 0.484. The van der Waals surface area contributed by atoms with Crippen LogP contribution in [0.1, 0.15) is 16.1 Å². The van der Waals surface area contributed by atoms with Crippen molar-refractivity contribution in [3.05, 3.63) is 22.4 Å². The molecule has 0 radical (unpaired) electrons. The van der Waals surface area contributed by atoms with Gasteiger partial charge in [0.2, 0.25) is 5.78 Å². The van der Waals surface area contributed by atoms with Gasteiger partial charge in [-0.2, -0.15) is 13.2 Å². The van der Waals surface area contributed by atoms with Gasteiger partial charge in [-0.05, 0) is 11.4 Å². The second-order valence-electron chi connectivity index (χ2n) is 2.50. The average molecular weight is 281 g/mol. The van der Waals surface area contributed by atoms with Gasteiger partial charge in [-0.3, -0.25) is 9.59 Å². The number of rotatable bonds is 3. The van der Waals surface area contributed by atoms with Crippen LogP contribution in [0.3, 0.4) is 0 Å². The summed E-state index contributed by atoms with van der Waals surface area (Å²) in [5.74, 6) is -2.79. The van der Waals surface area contributed by atoms with E-state index in [-0.39, 0.29) is 21.4 Å². The van der Waals surface area contributed by atoms with Gasteiger partial charge in [0.1, 0.15) is 0 Å². The first-order valence-corrected chi connectivity index (χ1v) is 4.46. The second-order valence-corrected chi connectivity index (χ2v) is 3.45. The molecule has 1 rings (SSSR count). The molecule has 1 heterocycles. The van der Waals surface area contributed by atoms with Gasteiger partial charge in [-0.1, -0.05) is 6.07 Å². The second kappa shape index (κ2) is 5.42. The molecule has 0 spiro atoms. The van der Waals surface area contributed by atoms with E-state index in [1.807, 2.05) is 0 Å². The van der Waals surface area contributed by atoms with E-state index in [2.05, 4.69) is 0 Å². The molecule has 15 heavy (non-hydrogen) atoms. The Hall–Kier alpha value is -0.676. The molecule has 0 aromatic carbocycles. The number of hydrogen-bond donors (Lipinski definition) is 0. The largest absolute Gasteiger partial charge is 0.450 e. The zero-order valence-electron chi connectivity index (χ0n) is 7.11. The first kappa shape index (κ1) is 14.3. The number of carbonyl (C=O) groups excluding carboxylic acids is 2. The molecular formula is C8H5F3NiO2S. The molecule has 86 valence electrons. The summed E-state index contributed by atoms with van der Waals surface area (Å²) in [4.78, 5) is 21.7. The van der Waals surface area contributed by atoms with Crippen LogP contribution >= 0.6 is 11.3 Å². The Kier molecular flexibility index (Phi) is 5.17. The summed E-state index contributed by atoms with van der Waals surface area (Å²) in [6.45, 7) is 0. The van der Waals surface area contributed by atoms with E-state index in [1.165, 1.54) is 12.1 Å². The van der Waals surface area contributed by atoms with E-state index >= 15 is 0 Å². The molecule has 0 unspecified atom stereocenters. The van der Waals surface area contributed by atoms with Crippen LogP contribution in [0.2, 0.25) is 0 Å². The normalized spacial score (nSPS) is 10.6. The third-order valence-electron chi connectivity index (χ3n) is 1.43. The Labute approximate surface area is 97.4 Å². The van der Waals surface area contributed by atoms with Crippen LogP contribution in [0.25, 0.3) is 0 Å². The van der Waals surface area contributed by atoms with Crippen LogP contribution in [0.4, 0.5) is 13.2 Å². The van der Waals surface area contributed by atoms with Crippen molar-refractivity contribution in [3.63, 3.8) is 0 Å². The topological polar surface area (TPSA) is 34.1 Å². The third-order valence-corrected chi connectivity index (χ3v) is 2.34. The Morgan fingerprint density at radius 1 is 1.33 bits per heavy atom. The number of ketones is 2. The zero-order valence-corrected chi connectivity index (χ0v) is 8.92. The molecule has 0 saturated carbocycles.